The van der Waals surface area contributed by atoms with Crippen LogP contribution in [0.25, 0.3) is 0 Å². The van der Waals surface area contributed by atoms with E-state index in [-0.39, 0.29) is 5.91 Å². The average molecular weight is 451 g/mol. The average Bonchev–Trinajstić information content (AvgIpc) is 3.37. The van der Waals surface area contributed by atoms with Crippen LogP contribution < -0.4 is 5.32 Å². The molecule has 1 unspecified atom stereocenters. The summed E-state index contributed by atoms with van der Waals surface area (Å²) in [4.78, 5) is 19.1. The first-order valence-corrected chi connectivity index (χ1v) is 11.4. The highest BCUT2D eigenvalue weighted by Gasteiger charge is 2.30. The molecular weight excluding hydrogens is 425 g/mol. The fraction of sp³-hybridized carbons (Fsp3) is 0.455. The summed E-state index contributed by atoms with van der Waals surface area (Å²) in [6, 6.07) is 7.13. The quantitative estimate of drug-likeness (QED) is 0.676. The Morgan fingerprint density at radius 3 is 2.71 bits per heavy atom. The summed E-state index contributed by atoms with van der Waals surface area (Å²) in [5.74, 6) is 0.358. The van der Waals surface area contributed by atoms with Crippen molar-refractivity contribution in [2.75, 3.05) is 25.9 Å². The maximum absolute atomic E-state index is 12.7. The summed E-state index contributed by atoms with van der Waals surface area (Å²) in [5, 5.41) is 3.02. The molecule has 4 rings (SSSR count). The Hall–Kier alpha value is -2.10. The van der Waals surface area contributed by atoms with E-state index in [0.29, 0.717) is 37.7 Å². The van der Waals surface area contributed by atoms with E-state index in [1.807, 2.05) is 6.07 Å². The highest BCUT2D eigenvalue weighted by molar-refractivity contribution is 7.96. The molecule has 1 saturated heterocycles. The van der Waals surface area contributed by atoms with Gasteiger partial charge in [0.15, 0.2) is 0 Å². The van der Waals surface area contributed by atoms with E-state index in [9.17, 15) is 18.0 Å². The third-order valence-electron chi connectivity index (χ3n) is 5.83. The predicted molar refractivity (Wildman–Crippen MR) is 114 cm³/mol. The first-order valence-electron chi connectivity index (χ1n) is 10.3. The number of amides is 1. The van der Waals surface area contributed by atoms with Crippen LogP contribution in [0.3, 0.4) is 0 Å². The van der Waals surface area contributed by atoms with Crippen molar-refractivity contribution in [2.24, 2.45) is 5.92 Å². The van der Waals surface area contributed by atoms with E-state index in [2.05, 4.69) is 25.8 Å². The topological polar surface area (TPSA) is 48.5 Å². The zero-order valence-corrected chi connectivity index (χ0v) is 18.1. The molecule has 2 aromatic rings. The second-order valence-corrected chi connectivity index (χ2v) is 8.99. The molecule has 1 fully saturated rings. The van der Waals surface area contributed by atoms with E-state index in [4.69, 9.17) is 0 Å². The Kier molecular flexibility index (Phi) is 6.55. The van der Waals surface area contributed by atoms with Crippen molar-refractivity contribution in [1.29, 1.82) is 0 Å². The number of halogens is 3. The van der Waals surface area contributed by atoms with Gasteiger partial charge in [-0.05, 0) is 47.9 Å². The number of nitrogens with one attached hydrogen (secondary N) is 1. The number of hydrogen-bond donors (Lipinski definition) is 1. The Morgan fingerprint density at radius 2 is 2.03 bits per heavy atom. The van der Waals surface area contributed by atoms with Crippen LogP contribution in [0.4, 0.5) is 13.2 Å². The molecule has 1 atom stereocenters. The molecule has 0 spiro atoms. The molecule has 0 radical (unpaired) electrons. The first-order chi connectivity index (χ1) is 14.8. The van der Waals surface area contributed by atoms with Gasteiger partial charge >= 0.3 is 6.18 Å². The minimum absolute atomic E-state index is 0.112. The first kappa shape index (κ1) is 22.1. The minimum atomic E-state index is -4.32. The van der Waals surface area contributed by atoms with Crippen molar-refractivity contribution >= 4 is 17.9 Å². The fourth-order valence-electron chi connectivity index (χ4n) is 4.09. The van der Waals surface area contributed by atoms with Gasteiger partial charge in [0.25, 0.3) is 5.91 Å². The van der Waals surface area contributed by atoms with Crippen LogP contribution in [0.1, 0.15) is 39.2 Å². The molecule has 1 aromatic heterocycles. The standard InChI is InChI=1S/C22H25F3N4OS/c1-31-29-7-6-16(12-29)9-27-21(30)17-8-18-13-28(14-20(18)26-10-17)11-15-2-4-19(5-3-15)22(23,24)25/h2-5,8,10,16H,6-7,9,11-14H2,1H3,(H,27,30). The van der Waals surface area contributed by atoms with Gasteiger partial charge in [-0.25, -0.2) is 0 Å². The van der Waals surface area contributed by atoms with Gasteiger partial charge in [-0.15, -0.1) is 0 Å². The molecule has 3 heterocycles. The summed E-state index contributed by atoms with van der Waals surface area (Å²) in [6.07, 6.45) is 0.439. The lowest BCUT2D eigenvalue weighted by Crippen LogP contribution is -2.30. The number of carbonyl (C=O) groups is 1. The van der Waals surface area contributed by atoms with Gasteiger partial charge < -0.3 is 5.32 Å². The molecular formula is C22H25F3N4OS. The largest absolute Gasteiger partial charge is 0.416 e. The van der Waals surface area contributed by atoms with E-state index in [1.165, 1.54) is 12.1 Å². The van der Waals surface area contributed by atoms with E-state index in [1.54, 1.807) is 18.1 Å². The lowest BCUT2D eigenvalue weighted by molar-refractivity contribution is -0.137. The number of aromatic nitrogens is 1. The fourth-order valence-corrected chi connectivity index (χ4v) is 4.74. The molecule has 1 amide bonds. The van der Waals surface area contributed by atoms with Crippen LogP contribution in [0.2, 0.25) is 0 Å². The van der Waals surface area contributed by atoms with Crippen molar-refractivity contribution in [3.63, 3.8) is 0 Å². The molecule has 5 nitrogen and oxygen atoms in total. The van der Waals surface area contributed by atoms with Gasteiger partial charge in [0.2, 0.25) is 0 Å². The van der Waals surface area contributed by atoms with Crippen LogP contribution in [0, 0.1) is 5.92 Å². The Morgan fingerprint density at radius 1 is 1.26 bits per heavy atom. The molecule has 0 bridgehead atoms. The van der Waals surface area contributed by atoms with Crippen LogP contribution >= 0.6 is 11.9 Å². The lowest BCUT2D eigenvalue weighted by atomic mass is 10.1. The Balaban J connectivity index is 1.32. The third-order valence-corrected chi connectivity index (χ3v) is 6.68. The van der Waals surface area contributed by atoms with Gasteiger partial charge in [-0.1, -0.05) is 24.1 Å². The highest BCUT2D eigenvalue weighted by Crippen LogP contribution is 2.30. The Labute approximate surface area is 184 Å². The van der Waals surface area contributed by atoms with Crippen LogP contribution in [-0.2, 0) is 25.8 Å². The van der Waals surface area contributed by atoms with E-state index < -0.39 is 11.7 Å². The summed E-state index contributed by atoms with van der Waals surface area (Å²) >= 11 is 1.74. The van der Waals surface area contributed by atoms with E-state index in [0.717, 1.165) is 48.5 Å². The van der Waals surface area contributed by atoms with Crippen molar-refractivity contribution in [3.05, 3.63) is 64.5 Å². The zero-order valence-electron chi connectivity index (χ0n) is 17.3. The summed E-state index contributed by atoms with van der Waals surface area (Å²) in [5.41, 5.74) is 2.63. The molecule has 166 valence electrons. The zero-order chi connectivity index (χ0) is 22.0. The normalized spacial score (nSPS) is 19.5. The van der Waals surface area contributed by atoms with Crippen molar-refractivity contribution < 1.29 is 18.0 Å². The van der Waals surface area contributed by atoms with Gasteiger partial charge in [0.1, 0.15) is 0 Å². The third kappa shape index (κ3) is 5.39. The van der Waals surface area contributed by atoms with Crippen LogP contribution in [-0.4, -0.2) is 46.0 Å². The monoisotopic (exact) mass is 450 g/mol. The van der Waals surface area contributed by atoms with Gasteiger partial charge in [-0.2, -0.15) is 13.2 Å². The summed E-state index contributed by atoms with van der Waals surface area (Å²) < 4.78 is 40.5. The number of hydrogen-bond acceptors (Lipinski definition) is 5. The van der Waals surface area contributed by atoms with Crippen LogP contribution in [0.15, 0.2) is 36.5 Å². The maximum atomic E-state index is 12.7. The number of nitrogens with zero attached hydrogens (tertiary/aromatic N) is 3. The molecule has 1 N–H and O–H groups in total. The number of pyridine rings is 1. The summed E-state index contributed by atoms with van der Waals surface area (Å²) in [6.45, 7) is 4.47. The molecule has 9 heteroatoms. The minimum Gasteiger partial charge on any atom is -0.352 e. The van der Waals surface area contributed by atoms with Crippen molar-refractivity contribution in [3.8, 4) is 0 Å². The number of fused-ring (bicyclic) bond motifs is 1. The van der Waals surface area contributed by atoms with Gasteiger partial charge in [0.05, 0.1) is 16.8 Å². The molecule has 31 heavy (non-hydrogen) atoms. The smallest absolute Gasteiger partial charge is 0.352 e. The predicted octanol–water partition coefficient (Wildman–Crippen LogP) is 3.95. The molecule has 2 aliphatic heterocycles. The molecule has 2 aliphatic rings. The number of benzene rings is 1. The van der Waals surface area contributed by atoms with Crippen LogP contribution in [0.5, 0.6) is 0 Å². The number of carbonyl (C=O) groups excluding carboxylic acids is 1. The van der Waals surface area contributed by atoms with Crippen molar-refractivity contribution in [1.82, 2.24) is 19.5 Å². The van der Waals surface area contributed by atoms with Gasteiger partial charge in [0, 0.05) is 45.5 Å². The SMILES string of the molecule is CSN1CCC(CNC(=O)c2cnc3c(c2)CN(Cc2ccc(C(F)(F)F)cc2)C3)C1. The molecule has 0 aliphatic carbocycles. The number of rotatable bonds is 6. The molecule has 0 saturated carbocycles. The molecule has 1 aromatic carbocycles. The maximum Gasteiger partial charge on any atom is 0.416 e. The number of alkyl halides is 3. The second kappa shape index (κ2) is 9.18. The highest BCUT2D eigenvalue weighted by atomic mass is 32.2. The summed E-state index contributed by atoms with van der Waals surface area (Å²) in [7, 11) is 0. The lowest BCUT2D eigenvalue weighted by Gasteiger charge is -2.15. The van der Waals surface area contributed by atoms with Crippen molar-refractivity contribution in [2.45, 2.75) is 32.2 Å². The Bertz CT molecular complexity index is 935. The second-order valence-electron chi connectivity index (χ2n) is 8.10. The van der Waals surface area contributed by atoms with Gasteiger partial charge in [-0.3, -0.25) is 19.0 Å². The van der Waals surface area contributed by atoms with E-state index >= 15 is 0 Å².